The molecule has 0 aliphatic carbocycles. The first-order chi connectivity index (χ1) is 12.2. The highest BCUT2D eigenvalue weighted by Gasteiger charge is 2.21. The summed E-state index contributed by atoms with van der Waals surface area (Å²) in [6.07, 6.45) is 4.47. The Bertz CT molecular complexity index is 522. The average Bonchev–Trinajstić information content (AvgIpc) is 2.65. The van der Waals surface area contributed by atoms with Gasteiger partial charge in [0.25, 0.3) is 5.91 Å². The standard InChI is InChI=1S/C20H32N2O3.ClH/c1-3-5-7-16(4-2)14-24-15-17-8-6-9-18(12-17)22-20(23)19-13-21-10-11-25-19;/h6,8-9,12,16,19,21H,3-5,7,10-11,13-15H2,1-2H3,(H,22,23);1H. The number of rotatable bonds is 10. The van der Waals surface area contributed by atoms with Gasteiger partial charge in [0.2, 0.25) is 0 Å². The van der Waals surface area contributed by atoms with Crippen LogP contribution in [-0.4, -0.2) is 38.3 Å². The van der Waals surface area contributed by atoms with Crippen molar-refractivity contribution in [2.45, 2.75) is 52.2 Å². The minimum atomic E-state index is -0.419. The van der Waals surface area contributed by atoms with Crippen molar-refractivity contribution in [2.24, 2.45) is 5.92 Å². The Morgan fingerprint density at radius 1 is 1.42 bits per heavy atom. The summed E-state index contributed by atoms with van der Waals surface area (Å²) in [7, 11) is 0. The largest absolute Gasteiger partial charge is 0.376 e. The molecule has 26 heavy (non-hydrogen) atoms. The first kappa shape index (κ1) is 22.9. The van der Waals surface area contributed by atoms with Crippen LogP contribution in [0.3, 0.4) is 0 Å². The summed E-state index contributed by atoms with van der Waals surface area (Å²) in [5.41, 5.74) is 1.86. The first-order valence-corrected chi connectivity index (χ1v) is 9.52. The van der Waals surface area contributed by atoms with Gasteiger partial charge in [-0.15, -0.1) is 12.4 Å². The summed E-state index contributed by atoms with van der Waals surface area (Å²) in [6.45, 7) is 7.76. The van der Waals surface area contributed by atoms with Gasteiger partial charge < -0.3 is 20.1 Å². The minimum Gasteiger partial charge on any atom is -0.376 e. The summed E-state index contributed by atoms with van der Waals surface area (Å²) in [5.74, 6) is 0.537. The number of nitrogens with one attached hydrogen (secondary N) is 2. The zero-order chi connectivity index (χ0) is 17.9. The van der Waals surface area contributed by atoms with E-state index in [1.165, 1.54) is 19.3 Å². The Hall–Kier alpha value is -1.14. The number of ether oxygens (including phenoxy) is 2. The molecule has 2 N–H and O–H groups in total. The van der Waals surface area contributed by atoms with E-state index >= 15 is 0 Å². The van der Waals surface area contributed by atoms with Crippen molar-refractivity contribution in [3.8, 4) is 0 Å². The summed E-state index contributed by atoms with van der Waals surface area (Å²) in [5, 5.41) is 6.10. The number of carbonyl (C=O) groups excluding carboxylic acids is 1. The predicted octanol–water partition coefficient (Wildman–Crippen LogP) is 3.77. The van der Waals surface area contributed by atoms with Crippen molar-refractivity contribution in [2.75, 3.05) is 31.6 Å². The topological polar surface area (TPSA) is 59.6 Å². The maximum Gasteiger partial charge on any atom is 0.254 e. The van der Waals surface area contributed by atoms with Crippen LogP contribution >= 0.6 is 12.4 Å². The summed E-state index contributed by atoms with van der Waals surface area (Å²) in [4.78, 5) is 12.2. The van der Waals surface area contributed by atoms with Gasteiger partial charge in [0, 0.05) is 25.4 Å². The maximum atomic E-state index is 12.2. The smallest absolute Gasteiger partial charge is 0.254 e. The van der Waals surface area contributed by atoms with Crippen molar-refractivity contribution in [1.29, 1.82) is 0 Å². The van der Waals surface area contributed by atoms with Gasteiger partial charge in [-0.25, -0.2) is 0 Å². The number of halogens is 1. The van der Waals surface area contributed by atoms with Crippen LogP contribution in [0.4, 0.5) is 5.69 Å². The van der Waals surface area contributed by atoms with Gasteiger partial charge in [-0.05, 0) is 30.0 Å². The molecule has 2 unspecified atom stereocenters. The first-order valence-electron chi connectivity index (χ1n) is 9.52. The summed E-state index contributed by atoms with van der Waals surface area (Å²) < 4.78 is 11.4. The molecule has 1 aromatic rings. The SMILES string of the molecule is CCCCC(CC)COCc1cccc(NC(=O)C2CNCCO2)c1.Cl. The quantitative estimate of drug-likeness (QED) is 0.644. The molecule has 1 saturated heterocycles. The highest BCUT2D eigenvalue weighted by Crippen LogP contribution is 2.16. The van der Waals surface area contributed by atoms with Crippen LogP contribution < -0.4 is 10.6 Å². The van der Waals surface area contributed by atoms with E-state index in [1.807, 2.05) is 24.3 Å². The Kier molecular flexibility index (Phi) is 11.5. The maximum absolute atomic E-state index is 12.2. The van der Waals surface area contributed by atoms with Gasteiger partial charge in [0.05, 0.1) is 13.2 Å². The highest BCUT2D eigenvalue weighted by molar-refractivity contribution is 5.94. The van der Waals surface area contributed by atoms with Crippen molar-refractivity contribution in [1.82, 2.24) is 5.32 Å². The molecule has 0 aromatic heterocycles. The second-order valence-corrected chi connectivity index (χ2v) is 6.68. The molecule has 2 rings (SSSR count). The number of morpholine rings is 1. The molecule has 148 valence electrons. The van der Waals surface area contributed by atoms with Crippen LogP contribution in [0.2, 0.25) is 0 Å². The van der Waals surface area contributed by atoms with Crippen molar-refractivity contribution in [3.63, 3.8) is 0 Å². The normalized spacial score (nSPS) is 18.0. The fraction of sp³-hybridized carbons (Fsp3) is 0.650. The fourth-order valence-corrected chi connectivity index (χ4v) is 2.94. The van der Waals surface area contributed by atoms with E-state index in [-0.39, 0.29) is 18.3 Å². The van der Waals surface area contributed by atoms with E-state index in [0.29, 0.717) is 25.7 Å². The monoisotopic (exact) mass is 384 g/mol. The molecule has 5 nitrogen and oxygen atoms in total. The molecule has 1 amide bonds. The molecule has 1 aliphatic heterocycles. The Morgan fingerprint density at radius 2 is 2.27 bits per heavy atom. The zero-order valence-corrected chi connectivity index (χ0v) is 16.8. The van der Waals surface area contributed by atoms with E-state index in [0.717, 1.165) is 30.8 Å². The molecule has 2 atom stereocenters. The van der Waals surface area contributed by atoms with Gasteiger partial charge in [0.1, 0.15) is 6.10 Å². The van der Waals surface area contributed by atoms with Gasteiger partial charge in [-0.1, -0.05) is 45.2 Å². The number of anilines is 1. The summed E-state index contributed by atoms with van der Waals surface area (Å²) in [6, 6.07) is 7.85. The van der Waals surface area contributed by atoms with E-state index in [1.54, 1.807) is 0 Å². The molecule has 0 saturated carbocycles. The number of carbonyl (C=O) groups is 1. The van der Waals surface area contributed by atoms with Crippen LogP contribution in [-0.2, 0) is 20.9 Å². The zero-order valence-electron chi connectivity index (χ0n) is 16.0. The van der Waals surface area contributed by atoms with Crippen molar-refractivity contribution in [3.05, 3.63) is 29.8 Å². The number of benzene rings is 1. The number of unbranched alkanes of at least 4 members (excludes halogenated alkanes) is 1. The van der Waals surface area contributed by atoms with E-state index < -0.39 is 6.10 Å². The second kappa shape index (κ2) is 13.1. The van der Waals surface area contributed by atoms with Gasteiger partial charge >= 0.3 is 0 Å². The van der Waals surface area contributed by atoms with Gasteiger partial charge in [0.15, 0.2) is 0 Å². The van der Waals surface area contributed by atoms with Crippen LogP contribution in [0, 0.1) is 5.92 Å². The predicted molar refractivity (Wildman–Crippen MR) is 108 cm³/mol. The molecular weight excluding hydrogens is 352 g/mol. The lowest BCUT2D eigenvalue weighted by atomic mass is 10.0. The minimum absolute atomic E-state index is 0. The lowest BCUT2D eigenvalue weighted by molar-refractivity contribution is -0.128. The molecule has 0 spiro atoms. The van der Waals surface area contributed by atoms with Crippen molar-refractivity contribution >= 4 is 24.0 Å². The molecular formula is C20H33ClN2O3. The third-order valence-electron chi connectivity index (χ3n) is 4.58. The highest BCUT2D eigenvalue weighted by atomic mass is 35.5. The Balaban J connectivity index is 0.00000338. The van der Waals surface area contributed by atoms with E-state index in [2.05, 4.69) is 24.5 Å². The van der Waals surface area contributed by atoms with E-state index in [4.69, 9.17) is 9.47 Å². The molecule has 6 heteroatoms. The fourth-order valence-electron chi connectivity index (χ4n) is 2.94. The summed E-state index contributed by atoms with van der Waals surface area (Å²) >= 11 is 0. The van der Waals surface area contributed by atoms with Gasteiger partial charge in [-0.2, -0.15) is 0 Å². The Morgan fingerprint density at radius 3 is 2.96 bits per heavy atom. The molecule has 1 aromatic carbocycles. The average molecular weight is 385 g/mol. The number of hydrogen-bond acceptors (Lipinski definition) is 4. The lowest BCUT2D eigenvalue weighted by Gasteiger charge is -2.22. The molecule has 1 aliphatic rings. The molecule has 1 heterocycles. The lowest BCUT2D eigenvalue weighted by Crippen LogP contribution is -2.45. The van der Waals surface area contributed by atoms with Crippen molar-refractivity contribution < 1.29 is 14.3 Å². The molecule has 1 fully saturated rings. The molecule has 0 radical (unpaired) electrons. The third-order valence-corrected chi connectivity index (χ3v) is 4.58. The second-order valence-electron chi connectivity index (χ2n) is 6.68. The third kappa shape index (κ3) is 8.04. The van der Waals surface area contributed by atoms with Crippen LogP contribution in [0.25, 0.3) is 0 Å². The number of hydrogen-bond donors (Lipinski definition) is 2. The Labute approximate surface area is 163 Å². The van der Waals surface area contributed by atoms with Crippen LogP contribution in [0.1, 0.15) is 45.1 Å². The van der Waals surface area contributed by atoms with Gasteiger partial charge in [-0.3, -0.25) is 4.79 Å². The molecule has 0 bridgehead atoms. The van der Waals surface area contributed by atoms with Crippen LogP contribution in [0.15, 0.2) is 24.3 Å². The van der Waals surface area contributed by atoms with Crippen LogP contribution in [0.5, 0.6) is 0 Å². The van der Waals surface area contributed by atoms with E-state index in [9.17, 15) is 4.79 Å². The number of amides is 1.